The number of nitrogens with zero attached hydrogens (tertiary/aromatic N) is 2. The zero-order valence-electron chi connectivity index (χ0n) is 26.2. The van der Waals surface area contributed by atoms with Gasteiger partial charge in [-0.1, -0.05) is 90.0 Å². The van der Waals surface area contributed by atoms with Gasteiger partial charge >= 0.3 is 0 Å². The number of hydrogen-bond acceptors (Lipinski definition) is 6. The zero-order chi connectivity index (χ0) is 32.6. The summed E-state index contributed by atoms with van der Waals surface area (Å²) in [6.07, 6.45) is 2.59. The Morgan fingerprint density at radius 1 is 0.830 bits per heavy atom. The van der Waals surface area contributed by atoms with Crippen LogP contribution in [0.3, 0.4) is 0 Å². The van der Waals surface area contributed by atoms with Gasteiger partial charge in [0.05, 0.1) is 28.9 Å². The Morgan fingerprint density at radius 3 is 2.30 bits per heavy atom. The highest BCUT2D eigenvalue weighted by Gasteiger charge is 2.70. The van der Waals surface area contributed by atoms with Gasteiger partial charge in [0.2, 0.25) is 11.8 Å². The lowest BCUT2D eigenvalue weighted by atomic mass is 9.48. The molecule has 8 heteroatoms. The number of phenols is 1. The number of likely N-dealkylation sites (tertiary alicyclic amines) is 1. The lowest BCUT2D eigenvalue weighted by Gasteiger charge is -2.51. The molecule has 6 unspecified atom stereocenters. The van der Waals surface area contributed by atoms with E-state index in [9.17, 15) is 19.5 Å². The average Bonchev–Trinajstić information content (AvgIpc) is 3.46. The van der Waals surface area contributed by atoms with Crippen LogP contribution in [-0.2, 0) is 24.6 Å². The van der Waals surface area contributed by atoms with E-state index in [4.69, 9.17) is 0 Å². The first-order valence-electron chi connectivity index (χ1n) is 16.3. The molecule has 0 aromatic heterocycles. The molecule has 4 aromatic rings. The van der Waals surface area contributed by atoms with Gasteiger partial charge in [-0.2, -0.15) is 5.01 Å². The Bertz CT molecular complexity index is 2000. The third kappa shape index (κ3) is 4.00. The van der Waals surface area contributed by atoms with Gasteiger partial charge in [-0.15, -0.1) is 0 Å². The van der Waals surface area contributed by atoms with E-state index in [1.807, 2.05) is 97.9 Å². The number of benzene rings is 4. The fourth-order valence-corrected chi connectivity index (χ4v) is 9.03. The van der Waals surface area contributed by atoms with E-state index in [1.165, 1.54) is 4.90 Å². The quantitative estimate of drug-likeness (QED) is 0.213. The number of hydrazine groups is 1. The van der Waals surface area contributed by atoms with E-state index >= 15 is 4.79 Å². The molecule has 0 bridgehead atoms. The van der Waals surface area contributed by atoms with Crippen molar-refractivity contribution in [3.63, 3.8) is 0 Å². The number of anilines is 1. The minimum absolute atomic E-state index is 0.0145. The van der Waals surface area contributed by atoms with Crippen molar-refractivity contribution in [1.29, 1.82) is 0 Å². The van der Waals surface area contributed by atoms with Crippen LogP contribution in [0.4, 0.5) is 5.69 Å². The summed E-state index contributed by atoms with van der Waals surface area (Å²) in [4.78, 5) is 58.8. The molecule has 2 aliphatic heterocycles. The van der Waals surface area contributed by atoms with Crippen LogP contribution in [0, 0.1) is 30.6 Å². The van der Waals surface area contributed by atoms with Crippen molar-refractivity contribution in [2.45, 2.75) is 38.0 Å². The van der Waals surface area contributed by atoms with Crippen molar-refractivity contribution in [1.82, 2.24) is 9.91 Å². The highest BCUT2D eigenvalue weighted by atomic mass is 16.3. The average molecular weight is 626 g/mol. The van der Waals surface area contributed by atoms with E-state index in [0.29, 0.717) is 23.2 Å². The maximum atomic E-state index is 15.3. The van der Waals surface area contributed by atoms with Crippen molar-refractivity contribution in [2.24, 2.45) is 23.7 Å². The predicted octanol–water partition coefficient (Wildman–Crippen LogP) is 5.86. The number of rotatable bonds is 5. The van der Waals surface area contributed by atoms with E-state index < -0.39 is 46.8 Å². The monoisotopic (exact) mass is 625 g/mol. The molecule has 236 valence electrons. The van der Waals surface area contributed by atoms with Gasteiger partial charge in [-0.05, 0) is 67.1 Å². The van der Waals surface area contributed by atoms with Crippen LogP contribution in [0.5, 0.6) is 5.75 Å². The summed E-state index contributed by atoms with van der Waals surface area (Å²) < 4.78 is 0. The smallest absolute Gasteiger partial charge is 0.260 e. The van der Waals surface area contributed by atoms with Crippen molar-refractivity contribution >= 4 is 40.1 Å². The van der Waals surface area contributed by atoms with Crippen LogP contribution >= 0.6 is 0 Å². The van der Waals surface area contributed by atoms with Gasteiger partial charge in [0, 0.05) is 18.0 Å². The van der Waals surface area contributed by atoms with Gasteiger partial charge in [0.25, 0.3) is 11.8 Å². The lowest BCUT2D eigenvalue weighted by molar-refractivity contribution is -0.141. The molecule has 0 radical (unpaired) electrons. The van der Waals surface area contributed by atoms with E-state index in [-0.39, 0.29) is 30.5 Å². The van der Waals surface area contributed by atoms with Gasteiger partial charge in [-0.3, -0.25) is 29.5 Å². The Labute approximate surface area is 272 Å². The molecule has 4 amide bonds. The topological polar surface area (TPSA) is 107 Å². The van der Waals surface area contributed by atoms with Crippen LogP contribution in [-0.4, -0.2) is 45.2 Å². The highest BCUT2D eigenvalue weighted by Crippen LogP contribution is 2.65. The number of nitrogens with one attached hydrogen (secondary N) is 1. The van der Waals surface area contributed by atoms with Crippen LogP contribution in [0.2, 0.25) is 0 Å². The number of carbonyl (C=O) groups excluding carboxylic acids is 4. The molecule has 2 heterocycles. The van der Waals surface area contributed by atoms with E-state index in [0.717, 1.165) is 26.9 Å². The Morgan fingerprint density at radius 2 is 1.55 bits per heavy atom. The number of fused-ring (bicyclic) bond motifs is 5. The van der Waals surface area contributed by atoms with Crippen LogP contribution in [0.1, 0.15) is 42.4 Å². The molecule has 47 heavy (non-hydrogen) atoms. The lowest BCUT2D eigenvalue weighted by Crippen LogP contribution is -2.53. The summed E-state index contributed by atoms with van der Waals surface area (Å²) in [7, 11) is 0. The first-order valence-corrected chi connectivity index (χ1v) is 16.3. The first-order chi connectivity index (χ1) is 22.8. The maximum Gasteiger partial charge on any atom is 0.260 e. The van der Waals surface area contributed by atoms with E-state index in [2.05, 4.69) is 5.43 Å². The summed E-state index contributed by atoms with van der Waals surface area (Å²) >= 11 is 0. The van der Waals surface area contributed by atoms with Gasteiger partial charge in [0.15, 0.2) is 0 Å². The maximum absolute atomic E-state index is 15.3. The second kappa shape index (κ2) is 10.7. The SMILES string of the molecule is CCN1C(=O)C2CC=C3C(CC4C(=O)N(Nc5ccc(C)cc5)C(=O)C4(c4ccccc4)C3c3c(O)ccc4ccccc34)C2C1=O. The molecule has 6 atom stereocenters. The highest BCUT2D eigenvalue weighted by molar-refractivity contribution is 6.13. The number of amides is 4. The largest absolute Gasteiger partial charge is 0.508 e. The summed E-state index contributed by atoms with van der Waals surface area (Å²) in [5.74, 6) is -4.50. The minimum Gasteiger partial charge on any atom is -0.508 e. The number of aryl methyl sites for hydroxylation is 1. The number of aromatic hydroxyl groups is 1. The number of phenolic OH excluding ortho intramolecular Hbond substituents is 1. The molecule has 4 aliphatic rings. The molecular formula is C39H35N3O5. The fourth-order valence-electron chi connectivity index (χ4n) is 9.03. The summed E-state index contributed by atoms with van der Waals surface area (Å²) in [6, 6.07) is 28.1. The molecular weight excluding hydrogens is 590 g/mol. The molecule has 2 N–H and O–H groups in total. The molecule has 2 aliphatic carbocycles. The van der Waals surface area contributed by atoms with Crippen molar-refractivity contribution in [3.8, 4) is 5.75 Å². The van der Waals surface area contributed by atoms with Crippen molar-refractivity contribution in [2.75, 3.05) is 12.0 Å². The van der Waals surface area contributed by atoms with Crippen LogP contribution < -0.4 is 5.43 Å². The van der Waals surface area contributed by atoms with Gasteiger partial charge < -0.3 is 5.11 Å². The predicted molar refractivity (Wildman–Crippen MR) is 177 cm³/mol. The third-order valence-electron chi connectivity index (χ3n) is 11.0. The molecule has 4 aromatic carbocycles. The molecule has 0 spiro atoms. The molecule has 8 nitrogen and oxygen atoms in total. The van der Waals surface area contributed by atoms with Crippen LogP contribution in [0.15, 0.2) is 103 Å². The second-order valence-corrected chi connectivity index (χ2v) is 13.2. The van der Waals surface area contributed by atoms with Gasteiger partial charge in [-0.25, -0.2) is 0 Å². The van der Waals surface area contributed by atoms with Gasteiger partial charge in [0.1, 0.15) is 5.75 Å². The second-order valence-electron chi connectivity index (χ2n) is 13.2. The number of carbonyl (C=O) groups is 4. The molecule has 8 rings (SSSR count). The number of hydrogen-bond donors (Lipinski definition) is 2. The number of allylic oxidation sites excluding steroid dienone is 2. The normalized spacial score (nSPS) is 28.3. The molecule has 2 saturated heterocycles. The standard InChI is InChI=1S/C39H35N3O5/c1-3-41-35(44)28-19-18-27-29(32(28)37(41)46)21-30-36(45)42(40-25-16-13-22(2)14-17-25)38(47)39(30,24-10-5-4-6-11-24)34(27)33-26-12-8-7-9-23(26)15-20-31(33)43/h4-18,20,28-30,32,34,40,43H,3,19,21H2,1-2H3. The molecule has 1 saturated carbocycles. The van der Waals surface area contributed by atoms with Crippen LogP contribution in [0.25, 0.3) is 10.8 Å². The zero-order valence-corrected chi connectivity index (χ0v) is 26.2. The van der Waals surface area contributed by atoms with Crippen molar-refractivity contribution < 1.29 is 24.3 Å². The third-order valence-corrected chi connectivity index (χ3v) is 11.0. The summed E-state index contributed by atoms with van der Waals surface area (Å²) in [5.41, 5.74) is 5.36. The molecule has 3 fully saturated rings. The Hall–Kier alpha value is -5.24. The minimum atomic E-state index is -1.44. The Kier molecular flexibility index (Phi) is 6.62. The van der Waals surface area contributed by atoms with Crippen molar-refractivity contribution in [3.05, 3.63) is 119 Å². The fraction of sp³-hybridized carbons (Fsp3) is 0.282. The van der Waals surface area contributed by atoms with E-state index in [1.54, 1.807) is 13.0 Å². The summed E-state index contributed by atoms with van der Waals surface area (Å²) in [5, 5.41) is 14.6. The first kappa shape index (κ1) is 29.2. The Balaban J connectivity index is 1.41. The number of imide groups is 2. The summed E-state index contributed by atoms with van der Waals surface area (Å²) in [6.45, 7) is 4.05.